The molecular formula is C15H14INO2S. The topological polar surface area (TPSA) is 46.2 Å². The second-order valence-corrected chi connectivity index (χ2v) is 7.33. The third-order valence-corrected chi connectivity index (χ3v) is 5.23. The number of rotatable bonds is 5. The summed E-state index contributed by atoms with van der Waals surface area (Å²) < 4.78 is 25.0. The first-order valence-corrected chi connectivity index (χ1v) is 8.65. The predicted octanol–water partition coefficient (Wildman–Crippen LogP) is 3.85. The Morgan fingerprint density at radius 1 is 1.00 bits per heavy atom. The Morgan fingerprint density at radius 2 is 1.55 bits per heavy atom. The van der Waals surface area contributed by atoms with E-state index in [0.29, 0.717) is 11.4 Å². The van der Waals surface area contributed by atoms with Crippen molar-refractivity contribution < 1.29 is 8.42 Å². The fraction of sp³-hybridized carbons (Fsp3) is 0.0667. The van der Waals surface area contributed by atoms with Crippen molar-refractivity contribution in [1.82, 2.24) is 0 Å². The van der Waals surface area contributed by atoms with Gasteiger partial charge in [0.2, 0.25) is 9.84 Å². The van der Waals surface area contributed by atoms with E-state index in [0.717, 1.165) is 9.27 Å². The largest absolute Gasteiger partial charge is 0.380 e. The molecule has 0 aliphatic rings. The fourth-order valence-corrected chi connectivity index (χ4v) is 3.92. The molecule has 0 spiro atoms. The van der Waals surface area contributed by atoms with E-state index >= 15 is 0 Å². The zero-order chi connectivity index (χ0) is 14.4. The minimum Gasteiger partial charge on any atom is -0.380 e. The molecule has 0 bridgehead atoms. The van der Waals surface area contributed by atoms with Gasteiger partial charge in [-0.25, -0.2) is 8.42 Å². The Bertz CT molecular complexity index is 682. The molecule has 2 aromatic carbocycles. The van der Waals surface area contributed by atoms with Crippen LogP contribution in [0.4, 0.5) is 5.69 Å². The summed E-state index contributed by atoms with van der Waals surface area (Å²) in [5.41, 5.74) is 0.965. The number of hydrogen-bond donors (Lipinski definition) is 1. The van der Waals surface area contributed by atoms with E-state index in [1.165, 1.54) is 5.41 Å². The van der Waals surface area contributed by atoms with E-state index in [2.05, 4.69) is 5.32 Å². The van der Waals surface area contributed by atoms with Crippen LogP contribution in [-0.4, -0.2) is 15.0 Å². The number of nitrogens with one attached hydrogen (secondary N) is 1. The van der Waals surface area contributed by atoms with E-state index in [-0.39, 0.29) is 0 Å². The minimum atomic E-state index is -3.37. The number of benzene rings is 2. The summed E-state index contributed by atoms with van der Waals surface area (Å²) in [7, 11) is -3.37. The molecule has 0 fully saturated rings. The summed E-state index contributed by atoms with van der Waals surface area (Å²) in [6, 6.07) is 18.1. The lowest BCUT2D eigenvalue weighted by Gasteiger charge is -2.05. The smallest absolute Gasteiger partial charge is 0.200 e. The molecule has 5 heteroatoms. The number of anilines is 1. The molecule has 3 nitrogen and oxygen atoms in total. The molecule has 20 heavy (non-hydrogen) atoms. The summed E-state index contributed by atoms with van der Waals surface area (Å²) >= 11 is 2.04. The van der Waals surface area contributed by atoms with E-state index in [9.17, 15) is 8.42 Å². The Hall–Kier alpha value is -1.34. The van der Waals surface area contributed by atoms with E-state index in [1.807, 2.05) is 52.9 Å². The van der Waals surface area contributed by atoms with Gasteiger partial charge in [-0.3, -0.25) is 0 Å². The Labute approximate surface area is 132 Å². The third-order valence-electron chi connectivity index (χ3n) is 2.59. The van der Waals surface area contributed by atoms with Crippen LogP contribution in [0.1, 0.15) is 0 Å². The maximum atomic E-state index is 12.1. The molecule has 0 amide bonds. The van der Waals surface area contributed by atoms with Gasteiger partial charge in [0.05, 0.1) is 4.90 Å². The molecule has 104 valence electrons. The normalized spacial score (nSPS) is 12.2. The van der Waals surface area contributed by atoms with Gasteiger partial charge >= 0.3 is 0 Å². The van der Waals surface area contributed by atoms with Gasteiger partial charge in [-0.15, -0.1) is 0 Å². The Balaban J connectivity index is 2.07. The number of hydrogen-bond acceptors (Lipinski definition) is 3. The van der Waals surface area contributed by atoms with Crippen LogP contribution < -0.4 is 5.32 Å². The van der Waals surface area contributed by atoms with Crippen molar-refractivity contribution in [2.75, 3.05) is 11.9 Å². The van der Waals surface area contributed by atoms with Crippen LogP contribution in [0, 0.1) is 0 Å². The molecular weight excluding hydrogens is 385 g/mol. The van der Waals surface area contributed by atoms with Crippen LogP contribution in [0.3, 0.4) is 0 Å². The van der Waals surface area contributed by atoms with Crippen molar-refractivity contribution in [3.63, 3.8) is 0 Å². The quantitative estimate of drug-likeness (QED) is 0.778. The van der Waals surface area contributed by atoms with Crippen molar-refractivity contribution in [2.45, 2.75) is 4.90 Å². The molecule has 1 N–H and O–H groups in total. The van der Waals surface area contributed by atoms with Crippen LogP contribution in [0.5, 0.6) is 0 Å². The molecule has 0 radical (unpaired) electrons. The maximum absolute atomic E-state index is 12.1. The van der Waals surface area contributed by atoms with Gasteiger partial charge in [-0.05, 0) is 46.9 Å². The van der Waals surface area contributed by atoms with Gasteiger partial charge in [0.1, 0.15) is 0 Å². The second-order valence-electron chi connectivity index (χ2n) is 4.14. The lowest BCUT2D eigenvalue weighted by Crippen LogP contribution is -2.04. The molecule has 2 aromatic rings. The van der Waals surface area contributed by atoms with Gasteiger partial charge in [-0.1, -0.05) is 36.4 Å². The van der Waals surface area contributed by atoms with Crippen molar-refractivity contribution in [3.8, 4) is 0 Å². The predicted molar refractivity (Wildman–Crippen MR) is 90.7 cm³/mol. The first-order valence-electron chi connectivity index (χ1n) is 6.03. The van der Waals surface area contributed by atoms with Crippen LogP contribution in [0.25, 0.3) is 0 Å². The molecule has 0 saturated heterocycles. The van der Waals surface area contributed by atoms with E-state index < -0.39 is 9.84 Å². The van der Waals surface area contributed by atoms with Crippen molar-refractivity contribution in [1.29, 1.82) is 0 Å². The first-order chi connectivity index (χ1) is 9.58. The average molecular weight is 399 g/mol. The molecule has 0 heterocycles. The van der Waals surface area contributed by atoms with Crippen LogP contribution in [0.15, 0.2) is 74.5 Å². The Kier molecular flexibility index (Phi) is 5.19. The zero-order valence-corrected chi connectivity index (χ0v) is 13.6. The summed E-state index contributed by atoms with van der Waals surface area (Å²) in [5, 5.41) is 4.48. The lowest BCUT2D eigenvalue weighted by atomic mass is 10.3. The average Bonchev–Trinajstić information content (AvgIpc) is 2.47. The van der Waals surface area contributed by atoms with E-state index in [4.69, 9.17) is 0 Å². The number of sulfone groups is 1. The lowest BCUT2D eigenvalue weighted by molar-refractivity contribution is 0.604. The van der Waals surface area contributed by atoms with Gasteiger partial charge in [0, 0.05) is 21.2 Å². The fourth-order valence-electron chi connectivity index (χ4n) is 1.63. The second kappa shape index (κ2) is 6.90. The summed E-state index contributed by atoms with van der Waals surface area (Å²) in [4.78, 5) is 0.314. The summed E-state index contributed by atoms with van der Waals surface area (Å²) in [6.45, 7) is 0.483. The highest BCUT2D eigenvalue weighted by Crippen LogP contribution is 2.17. The van der Waals surface area contributed by atoms with Crippen molar-refractivity contribution >= 4 is 38.1 Å². The monoisotopic (exact) mass is 399 g/mol. The summed E-state index contributed by atoms with van der Waals surface area (Å²) in [5.74, 6) is 0. The van der Waals surface area contributed by atoms with Crippen LogP contribution in [0.2, 0.25) is 0 Å². The van der Waals surface area contributed by atoms with Crippen LogP contribution in [-0.2, 0) is 9.84 Å². The molecule has 0 aliphatic heterocycles. The molecule has 0 saturated carbocycles. The molecule has 0 aliphatic carbocycles. The van der Waals surface area contributed by atoms with E-state index in [1.54, 1.807) is 30.3 Å². The highest BCUT2D eigenvalue weighted by molar-refractivity contribution is 14.1. The molecule has 0 unspecified atom stereocenters. The van der Waals surface area contributed by atoms with Gasteiger partial charge < -0.3 is 5.32 Å². The van der Waals surface area contributed by atoms with Gasteiger partial charge in [0.15, 0.2) is 0 Å². The zero-order valence-electron chi connectivity index (χ0n) is 10.7. The molecule has 0 atom stereocenters. The number of para-hydroxylation sites is 1. The molecule has 2 rings (SSSR count). The maximum Gasteiger partial charge on any atom is 0.200 e. The summed E-state index contributed by atoms with van der Waals surface area (Å²) in [6.07, 6.45) is 0. The standard InChI is InChI=1S/C15H14INO2S/c16-13(11-17-14-7-3-1-4-8-14)12-20(18,19)15-9-5-2-6-10-15/h1-10,12,17H,11H2/b13-12+. The number of halogens is 1. The van der Waals surface area contributed by atoms with Crippen molar-refractivity contribution in [3.05, 3.63) is 69.7 Å². The third kappa shape index (κ3) is 4.35. The Morgan fingerprint density at radius 3 is 2.15 bits per heavy atom. The first kappa shape index (κ1) is 15.1. The highest BCUT2D eigenvalue weighted by atomic mass is 127. The minimum absolute atomic E-state index is 0.314. The highest BCUT2D eigenvalue weighted by Gasteiger charge is 2.11. The van der Waals surface area contributed by atoms with Crippen molar-refractivity contribution in [2.24, 2.45) is 0 Å². The molecule has 0 aromatic heterocycles. The van der Waals surface area contributed by atoms with Gasteiger partial charge in [0.25, 0.3) is 0 Å². The van der Waals surface area contributed by atoms with Gasteiger partial charge in [-0.2, -0.15) is 0 Å². The SMILES string of the molecule is O=S(=O)(/C=C(/I)CNc1ccccc1)c1ccccc1. The van der Waals surface area contributed by atoms with Crippen LogP contribution >= 0.6 is 22.6 Å².